The number of aliphatic carboxylic acids is 2. The zero-order valence-corrected chi connectivity index (χ0v) is 15.0. The number of rotatable bonds is 7. The summed E-state index contributed by atoms with van der Waals surface area (Å²) in [5, 5.41) is 28.6. The van der Waals surface area contributed by atoms with Gasteiger partial charge in [-0.2, -0.15) is 0 Å². The Morgan fingerprint density at radius 1 is 1.31 bits per heavy atom. The van der Waals surface area contributed by atoms with Crippen LogP contribution in [0, 0.1) is 13.8 Å². The van der Waals surface area contributed by atoms with Crippen LogP contribution in [0.2, 0.25) is 0 Å². The van der Waals surface area contributed by atoms with Crippen LogP contribution in [0.4, 0.5) is 0 Å². The van der Waals surface area contributed by atoms with Crippen LogP contribution in [0.3, 0.4) is 0 Å². The third-order valence-electron chi connectivity index (χ3n) is 4.59. The first kappa shape index (κ1) is 19.9. The minimum Gasteiger partial charge on any atom is -0.478 e. The number of ether oxygens (including phenoxy) is 1. The number of aliphatic hydroxyl groups excluding tert-OH is 1. The van der Waals surface area contributed by atoms with E-state index in [-0.39, 0.29) is 6.73 Å². The lowest BCUT2D eigenvalue weighted by atomic mass is 9.93. The molecule has 1 saturated heterocycles. The predicted octanol–water partition coefficient (Wildman–Crippen LogP) is 1.95. The van der Waals surface area contributed by atoms with E-state index in [1.807, 2.05) is 36.9 Å². The van der Waals surface area contributed by atoms with E-state index in [0.717, 1.165) is 29.7 Å². The highest BCUT2D eigenvalue weighted by Gasteiger charge is 2.34. The highest BCUT2D eigenvalue weighted by atomic mass is 16.5. The Labute approximate surface area is 152 Å². The van der Waals surface area contributed by atoms with Crippen LogP contribution in [0.15, 0.2) is 29.8 Å². The Kier molecular flexibility index (Phi) is 6.76. The lowest BCUT2D eigenvalue weighted by Crippen LogP contribution is -2.49. The maximum Gasteiger partial charge on any atom is 0.334 e. The first-order valence-electron chi connectivity index (χ1n) is 8.59. The molecule has 2 rings (SSSR count). The number of likely N-dealkylation sites (tertiary alicyclic amines) is 1. The van der Waals surface area contributed by atoms with E-state index in [4.69, 9.17) is 9.84 Å². The number of aliphatic hydroxyl groups is 1. The number of nitrogens with zero attached hydrogens (tertiary/aromatic N) is 1. The molecule has 0 amide bonds. The van der Waals surface area contributed by atoms with Gasteiger partial charge in [0.2, 0.25) is 0 Å². The molecule has 0 aromatic heterocycles. The van der Waals surface area contributed by atoms with Crippen molar-refractivity contribution in [3.05, 3.63) is 41.0 Å². The molecule has 1 aromatic rings. The summed E-state index contributed by atoms with van der Waals surface area (Å²) >= 11 is 0. The van der Waals surface area contributed by atoms with Crippen molar-refractivity contribution in [3.63, 3.8) is 0 Å². The summed E-state index contributed by atoms with van der Waals surface area (Å²) < 4.78 is 5.86. The number of piperidine rings is 1. The third kappa shape index (κ3) is 5.06. The Morgan fingerprint density at radius 3 is 2.65 bits per heavy atom. The van der Waals surface area contributed by atoms with Crippen LogP contribution in [-0.2, 0) is 9.59 Å². The van der Waals surface area contributed by atoms with Gasteiger partial charge in [0, 0.05) is 18.7 Å². The Hall–Kier alpha value is -2.38. The van der Waals surface area contributed by atoms with Crippen LogP contribution < -0.4 is 4.74 Å². The van der Waals surface area contributed by atoms with Crippen molar-refractivity contribution in [2.24, 2.45) is 0 Å². The van der Waals surface area contributed by atoms with Gasteiger partial charge in [0.25, 0.3) is 0 Å². The van der Waals surface area contributed by atoms with Crippen LogP contribution in [0.5, 0.6) is 5.75 Å². The summed E-state index contributed by atoms with van der Waals surface area (Å²) in [4.78, 5) is 24.1. The Bertz CT molecular complexity index is 699. The molecule has 1 heterocycles. The molecule has 142 valence electrons. The number of hydrogen-bond acceptors (Lipinski definition) is 5. The molecule has 26 heavy (non-hydrogen) atoms. The van der Waals surface area contributed by atoms with Crippen LogP contribution in [-0.4, -0.2) is 57.6 Å². The number of benzene rings is 1. The minimum absolute atomic E-state index is 0.200. The van der Waals surface area contributed by atoms with Gasteiger partial charge in [-0.3, -0.25) is 4.90 Å². The lowest BCUT2D eigenvalue weighted by Gasteiger charge is -2.38. The van der Waals surface area contributed by atoms with E-state index in [2.05, 4.69) is 0 Å². The molecule has 1 fully saturated rings. The summed E-state index contributed by atoms with van der Waals surface area (Å²) in [6, 6.07) is 5.34. The van der Waals surface area contributed by atoms with Gasteiger partial charge >= 0.3 is 11.9 Å². The molecule has 0 saturated carbocycles. The van der Waals surface area contributed by atoms with E-state index in [9.17, 15) is 19.8 Å². The van der Waals surface area contributed by atoms with Crippen molar-refractivity contribution in [2.75, 3.05) is 13.3 Å². The molecular formula is C19H25NO6. The van der Waals surface area contributed by atoms with Crippen molar-refractivity contribution >= 4 is 11.9 Å². The van der Waals surface area contributed by atoms with Crippen LogP contribution >= 0.6 is 0 Å². The molecule has 1 aliphatic rings. The van der Waals surface area contributed by atoms with Crippen LogP contribution in [0.1, 0.15) is 30.4 Å². The Balaban J connectivity index is 2.13. The summed E-state index contributed by atoms with van der Waals surface area (Å²) in [5.41, 5.74) is 1.61. The molecule has 0 radical (unpaired) electrons. The highest BCUT2D eigenvalue weighted by Crippen LogP contribution is 2.25. The van der Waals surface area contributed by atoms with Crippen molar-refractivity contribution < 1.29 is 29.6 Å². The fourth-order valence-electron chi connectivity index (χ4n) is 3.26. The summed E-state index contributed by atoms with van der Waals surface area (Å²) in [6.45, 7) is 4.79. The fraction of sp³-hybridized carbons (Fsp3) is 0.474. The zero-order valence-electron chi connectivity index (χ0n) is 15.0. The number of carboxylic acid groups (broad SMARTS) is 2. The predicted molar refractivity (Wildman–Crippen MR) is 95.1 cm³/mol. The average molecular weight is 363 g/mol. The molecule has 7 heteroatoms. The largest absolute Gasteiger partial charge is 0.478 e. The zero-order chi connectivity index (χ0) is 19.3. The first-order chi connectivity index (χ1) is 12.3. The molecule has 0 spiro atoms. The van der Waals surface area contributed by atoms with Crippen molar-refractivity contribution in [1.29, 1.82) is 0 Å². The smallest absolute Gasteiger partial charge is 0.334 e. The van der Waals surface area contributed by atoms with E-state index in [1.165, 1.54) is 0 Å². The summed E-state index contributed by atoms with van der Waals surface area (Å²) in [5.74, 6) is -2.09. The van der Waals surface area contributed by atoms with Crippen molar-refractivity contribution in [2.45, 2.75) is 45.3 Å². The molecule has 0 bridgehead atoms. The van der Waals surface area contributed by atoms with E-state index < -0.39 is 29.7 Å². The molecule has 3 N–H and O–H groups in total. The second-order valence-corrected chi connectivity index (χ2v) is 6.61. The van der Waals surface area contributed by atoms with Gasteiger partial charge in [-0.15, -0.1) is 0 Å². The molecule has 2 unspecified atom stereocenters. The van der Waals surface area contributed by atoms with E-state index in [0.29, 0.717) is 19.0 Å². The van der Waals surface area contributed by atoms with Gasteiger partial charge < -0.3 is 20.1 Å². The topological polar surface area (TPSA) is 107 Å². The summed E-state index contributed by atoms with van der Waals surface area (Å²) in [7, 11) is 0. The van der Waals surface area contributed by atoms with Gasteiger partial charge in [-0.1, -0.05) is 24.1 Å². The average Bonchev–Trinajstić information content (AvgIpc) is 2.58. The molecular weight excluding hydrogens is 338 g/mol. The van der Waals surface area contributed by atoms with Crippen molar-refractivity contribution in [1.82, 2.24) is 4.90 Å². The molecule has 7 nitrogen and oxygen atoms in total. The molecule has 1 aromatic carbocycles. The first-order valence-corrected chi connectivity index (χ1v) is 8.59. The quantitative estimate of drug-likeness (QED) is 0.636. The summed E-state index contributed by atoms with van der Waals surface area (Å²) in [6.07, 6.45) is 1.48. The van der Waals surface area contributed by atoms with E-state index in [1.54, 1.807) is 0 Å². The maximum absolute atomic E-state index is 11.3. The number of carboxylic acids is 2. The highest BCUT2D eigenvalue weighted by molar-refractivity contribution is 5.95. The SMILES string of the molecule is Cc1ccc(OCN2CCCCC2C(O)/C(=C\C(=O)O)C(=O)O)c(C)c1. The number of aryl methyl sites for hydroxylation is 2. The lowest BCUT2D eigenvalue weighted by molar-refractivity contribution is -0.136. The second-order valence-electron chi connectivity index (χ2n) is 6.61. The molecule has 1 aliphatic heterocycles. The maximum atomic E-state index is 11.3. The normalized spacial score (nSPS) is 19.8. The van der Waals surface area contributed by atoms with Gasteiger partial charge in [0.1, 0.15) is 18.6 Å². The van der Waals surface area contributed by atoms with Crippen molar-refractivity contribution in [3.8, 4) is 5.75 Å². The molecule has 2 atom stereocenters. The number of hydrogen-bond donors (Lipinski definition) is 3. The molecule has 0 aliphatic carbocycles. The fourth-order valence-corrected chi connectivity index (χ4v) is 3.26. The van der Waals surface area contributed by atoms with Gasteiger partial charge in [-0.05, 0) is 38.3 Å². The Morgan fingerprint density at radius 2 is 2.04 bits per heavy atom. The second kappa shape index (κ2) is 8.82. The minimum atomic E-state index is -1.43. The van der Waals surface area contributed by atoms with Crippen LogP contribution in [0.25, 0.3) is 0 Å². The van der Waals surface area contributed by atoms with E-state index >= 15 is 0 Å². The van der Waals surface area contributed by atoms with Gasteiger partial charge in [0.05, 0.1) is 5.57 Å². The third-order valence-corrected chi connectivity index (χ3v) is 4.59. The van der Waals surface area contributed by atoms with Gasteiger partial charge in [0.15, 0.2) is 0 Å². The standard InChI is InChI=1S/C19H25NO6/c1-12-6-7-16(13(2)9-12)26-11-20-8-4-3-5-15(20)18(23)14(19(24)25)10-17(21)22/h6-7,9-10,15,18,23H,3-5,8,11H2,1-2H3,(H,21,22)(H,24,25)/b14-10+. The monoisotopic (exact) mass is 363 g/mol. The number of carbonyl (C=O) groups is 2. The van der Waals surface area contributed by atoms with Gasteiger partial charge in [-0.25, -0.2) is 9.59 Å².